The van der Waals surface area contributed by atoms with Crippen molar-refractivity contribution in [3.8, 4) is 11.3 Å². The molecule has 3 aromatic rings. The summed E-state index contributed by atoms with van der Waals surface area (Å²) >= 11 is 23.0. The van der Waals surface area contributed by atoms with Gasteiger partial charge in [0.1, 0.15) is 0 Å². The molecule has 7 nitrogen and oxygen atoms in total. The summed E-state index contributed by atoms with van der Waals surface area (Å²) in [5, 5.41) is 7.86. The first-order valence-corrected chi connectivity index (χ1v) is 12.7. The van der Waals surface area contributed by atoms with E-state index in [-0.39, 0.29) is 24.9 Å². The van der Waals surface area contributed by atoms with E-state index in [0.29, 0.717) is 11.4 Å². The number of aromatic nitrogens is 1. The van der Waals surface area contributed by atoms with Crippen LogP contribution in [0.15, 0.2) is 59.3 Å². The Morgan fingerprint density at radius 1 is 1.08 bits per heavy atom. The Morgan fingerprint density at radius 3 is 2.25 bits per heavy atom. The minimum atomic E-state index is -1.23. The van der Waals surface area contributed by atoms with Gasteiger partial charge >= 0.3 is 0 Å². The average molecular weight is 574 g/mol. The van der Waals surface area contributed by atoms with Crippen molar-refractivity contribution in [2.45, 2.75) is 31.6 Å². The number of hydrogen-bond donors (Lipinski definition) is 2. The number of halogens is 4. The fraction of sp³-hybridized carbons (Fsp3) is 0.320. The lowest BCUT2D eigenvalue weighted by Gasteiger charge is -2.24. The van der Waals surface area contributed by atoms with Crippen LogP contribution in [0, 0.1) is 12.8 Å². The quantitative estimate of drug-likeness (QED) is 0.328. The molecule has 36 heavy (non-hydrogen) atoms. The molecule has 1 heterocycles. The Bertz CT molecular complexity index is 1120. The van der Waals surface area contributed by atoms with E-state index in [4.69, 9.17) is 56.7 Å². The molecule has 0 radical (unpaired) electrons. The van der Waals surface area contributed by atoms with Crippen LogP contribution in [0.3, 0.4) is 0 Å². The Morgan fingerprint density at radius 2 is 1.72 bits per heavy atom. The summed E-state index contributed by atoms with van der Waals surface area (Å²) in [6.45, 7) is 6.01. The van der Waals surface area contributed by atoms with Crippen LogP contribution in [0.2, 0.25) is 10.0 Å². The fourth-order valence-electron chi connectivity index (χ4n) is 2.97. The number of rotatable bonds is 8. The topological polar surface area (TPSA) is 101 Å². The van der Waals surface area contributed by atoms with Gasteiger partial charge in [0, 0.05) is 40.5 Å². The highest BCUT2D eigenvalue weighted by molar-refractivity contribution is 6.54. The van der Waals surface area contributed by atoms with Gasteiger partial charge in [0.05, 0.1) is 12.2 Å². The predicted octanol–water partition coefficient (Wildman–Crippen LogP) is 5.88. The molecule has 3 N–H and O–H groups in total. The van der Waals surface area contributed by atoms with Crippen molar-refractivity contribution in [2.24, 2.45) is 11.7 Å². The average Bonchev–Trinajstić information content (AvgIpc) is 3.39. The van der Waals surface area contributed by atoms with Crippen molar-refractivity contribution < 1.29 is 14.1 Å². The van der Waals surface area contributed by atoms with Gasteiger partial charge in [-0.05, 0) is 42.7 Å². The van der Waals surface area contributed by atoms with E-state index in [1.54, 1.807) is 24.3 Å². The number of nitrogens with zero attached hydrogens (tertiary/aromatic N) is 2. The van der Waals surface area contributed by atoms with Crippen LogP contribution in [0.4, 0.5) is 5.69 Å². The lowest BCUT2D eigenvalue weighted by Crippen LogP contribution is -2.47. The second-order valence-electron chi connectivity index (χ2n) is 8.13. The number of hydrogen-bond acceptors (Lipinski definition) is 5. The second-order valence-corrected chi connectivity index (χ2v) is 10.0. The van der Waals surface area contributed by atoms with Gasteiger partial charge in [-0.3, -0.25) is 9.59 Å². The molecule has 1 atom stereocenters. The molecule has 0 spiro atoms. The molecule has 194 valence electrons. The fourth-order valence-corrected chi connectivity index (χ4v) is 3.60. The Hall–Kier alpha value is -2.29. The lowest BCUT2D eigenvalue weighted by atomic mass is 10.1. The zero-order valence-corrected chi connectivity index (χ0v) is 23.1. The molecule has 0 saturated heterocycles. The third kappa shape index (κ3) is 8.68. The molecule has 0 bridgehead atoms. The monoisotopic (exact) mass is 572 g/mol. The Labute approximate surface area is 230 Å². The number of anilines is 1. The first-order valence-electron chi connectivity index (χ1n) is 11.1. The van der Waals surface area contributed by atoms with Gasteiger partial charge < -0.3 is 20.5 Å². The van der Waals surface area contributed by atoms with E-state index < -0.39 is 16.8 Å². The number of nitrogens with two attached hydrogens (primary N) is 1. The van der Waals surface area contributed by atoms with E-state index in [1.165, 1.54) is 11.1 Å². The zero-order valence-electron chi connectivity index (χ0n) is 20.1. The van der Waals surface area contributed by atoms with Gasteiger partial charge in [-0.15, -0.1) is 0 Å². The van der Waals surface area contributed by atoms with Gasteiger partial charge in [0.15, 0.2) is 10.6 Å². The first-order chi connectivity index (χ1) is 17.0. The van der Waals surface area contributed by atoms with Crippen LogP contribution < -0.4 is 16.0 Å². The summed E-state index contributed by atoms with van der Waals surface area (Å²) in [7, 11) is 0. The van der Waals surface area contributed by atoms with Crippen molar-refractivity contribution in [3.05, 3.63) is 70.3 Å². The van der Waals surface area contributed by atoms with Gasteiger partial charge in [-0.1, -0.05) is 83.6 Å². The molecule has 0 aliphatic carbocycles. The molecule has 2 aromatic carbocycles. The normalized spacial score (nSPS) is 11.6. The maximum absolute atomic E-state index is 12.4. The number of carbonyl (C=O) groups is 2. The summed E-state index contributed by atoms with van der Waals surface area (Å²) in [5.41, 5.74) is 8.08. The van der Waals surface area contributed by atoms with Crippen LogP contribution in [-0.4, -0.2) is 40.9 Å². The van der Waals surface area contributed by atoms with Crippen LogP contribution >= 0.6 is 46.4 Å². The zero-order chi connectivity index (χ0) is 26.8. The van der Waals surface area contributed by atoms with E-state index in [9.17, 15) is 9.59 Å². The molecule has 11 heteroatoms. The minimum absolute atomic E-state index is 0.0105. The van der Waals surface area contributed by atoms with Crippen molar-refractivity contribution >= 4 is 63.9 Å². The highest BCUT2D eigenvalue weighted by atomic mass is 35.5. The molecule has 0 fully saturated rings. The molecule has 3 rings (SSSR count). The SMILES string of the molecule is CC(C)[C@H](N)C(=O)NCCN(C(=O)C(Cl)Cl)c1cccc(-c2ccno2)c1.Cc1c(Cl)cccc1Cl. The molecule has 0 aliphatic heterocycles. The molecular formula is C25H28Cl4N4O3. The Kier molecular flexibility index (Phi) is 12.0. The predicted molar refractivity (Wildman–Crippen MR) is 147 cm³/mol. The van der Waals surface area contributed by atoms with Crippen LogP contribution in [0.25, 0.3) is 11.3 Å². The number of nitrogens with one attached hydrogen (secondary N) is 1. The molecule has 0 unspecified atom stereocenters. The lowest BCUT2D eigenvalue weighted by molar-refractivity contribution is -0.123. The molecule has 0 saturated carbocycles. The minimum Gasteiger partial charge on any atom is -0.356 e. The van der Waals surface area contributed by atoms with E-state index >= 15 is 0 Å². The molecular weight excluding hydrogens is 546 g/mol. The van der Waals surface area contributed by atoms with Gasteiger partial charge in [-0.2, -0.15) is 0 Å². The highest BCUT2D eigenvalue weighted by Gasteiger charge is 2.23. The summed E-state index contributed by atoms with van der Waals surface area (Å²) in [5.74, 6) is -0.193. The third-order valence-electron chi connectivity index (χ3n) is 5.19. The summed E-state index contributed by atoms with van der Waals surface area (Å²) in [6.07, 6.45) is 1.53. The number of carbonyl (C=O) groups excluding carboxylic acids is 2. The maximum atomic E-state index is 12.4. The second kappa shape index (κ2) is 14.4. The molecule has 2 amide bonds. The highest BCUT2D eigenvalue weighted by Crippen LogP contribution is 2.26. The summed E-state index contributed by atoms with van der Waals surface area (Å²) < 4.78 is 5.15. The van der Waals surface area contributed by atoms with Gasteiger partial charge in [0.2, 0.25) is 5.91 Å². The van der Waals surface area contributed by atoms with E-state index in [0.717, 1.165) is 21.2 Å². The van der Waals surface area contributed by atoms with Crippen LogP contribution in [0.5, 0.6) is 0 Å². The largest absolute Gasteiger partial charge is 0.356 e. The summed E-state index contributed by atoms with van der Waals surface area (Å²) in [4.78, 5) is 24.6. The standard InChI is InChI=1S/C18H22Cl2N4O3.C7H6Cl2/c1-11(2)15(21)17(25)22-8-9-24(18(26)16(19)20)13-5-3-4-12(10-13)14-6-7-23-27-14;1-5-6(8)3-2-4-7(5)9/h3-7,10-11,15-16H,8-9,21H2,1-2H3,(H,22,25);2-4H,1H3/t15-;/m0./s1. The van der Waals surface area contributed by atoms with Gasteiger partial charge in [-0.25, -0.2) is 0 Å². The summed E-state index contributed by atoms with van der Waals surface area (Å²) in [6, 6.07) is 13.7. The third-order valence-corrected chi connectivity index (χ3v) is 6.38. The molecule has 1 aromatic heterocycles. The van der Waals surface area contributed by atoms with Crippen molar-refractivity contribution in [1.82, 2.24) is 10.5 Å². The van der Waals surface area contributed by atoms with Crippen molar-refractivity contribution in [1.29, 1.82) is 0 Å². The smallest absolute Gasteiger partial charge is 0.260 e. The van der Waals surface area contributed by atoms with Crippen molar-refractivity contribution in [2.75, 3.05) is 18.0 Å². The van der Waals surface area contributed by atoms with Crippen LogP contribution in [0.1, 0.15) is 19.4 Å². The maximum Gasteiger partial charge on any atom is 0.260 e. The van der Waals surface area contributed by atoms with E-state index in [2.05, 4.69) is 10.5 Å². The first kappa shape index (κ1) is 29.9. The number of benzene rings is 2. The molecule has 0 aliphatic rings. The van der Waals surface area contributed by atoms with Crippen molar-refractivity contribution in [3.63, 3.8) is 0 Å². The van der Waals surface area contributed by atoms with E-state index in [1.807, 2.05) is 45.0 Å². The number of alkyl halides is 2. The van der Waals surface area contributed by atoms with Crippen LogP contribution in [-0.2, 0) is 9.59 Å². The number of amides is 2. The van der Waals surface area contributed by atoms with Gasteiger partial charge in [0.25, 0.3) is 5.91 Å². The Balaban J connectivity index is 0.000000425.